The van der Waals surface area contributed by atoms with Gasteiger partial charge in [0.2, 0.25) is 0 Å². The van der Waals surface area contributed by atoms with E-state index < -0.39 is 5.79 Å². The second kappa shape index (κ2) is 4.79. The van der Waals surface area contributed by atoms with Gasteiger partial charge in [0.05, 0.1) is 13.2 Å². The summed E-state index contributed by atoms with van der Waals surface area (Å²) in [6, 6.07) is 0. The van der Waals surface area contributed by atoms with Gasteiger partial charge in [-0.3, -0.25) is 0 Å². The Labute approximate surface area is 127 Å². The molecule has 21 heavy (non-hydrogen) atoms. The first-order valence-electron chi connectivity index (χ1n) is 7.94. The zero-order valence-corrected chi connectivity index (χ0v) is 13.2. The highest BCUT2D eigenvalue weighted by Gasteiger charge is 2.68. The number of aldehydes is 1. The van der Waals surface area contributed by atoms with Gasteiger partial charge in [-0.2, -0.15) is 0 Å². The predicted molar refractivity (Wildman–Crippen MR) is 81.7 cm³/mol. The third kappa shape index (κ3) is 1.90. The van der Waals surface area contributed by atoms with E-state index in [-0.39, 0.29) is 10.8 Å². The molecule has 1 aliphatic heterocycles. The highest BCUT2D eigenvalue weighted by Crippen LogP contribution is 2.70. The molecule has 0 N–H and O–H groups in total. The van der Waals surface area contributed by atoms with E-state index in [9.17, 15) is 4.79 Å². The Kier molecular flexibility index (Phi) is 3.42. The van der Waals surface area contributed by atoms with Crippen LogP contribution in [-0.4, -0.2) is 25.3 Å². The molecule has 3 heteroatoms. The molecule has 0 amide bonds. The number of allylic oxidation sites excluding steroid dienone is 1. The summed E-state index contributed by atoms with van der Waals surface area (Å²) >= 11 is 0. The van der Waals surface area contributed by atoms with Gasteiger partial charge in [-0.15, -0.1) is 6.58 Å². The largest absolute Gasteiger partial charge is 0.344 e. The topological polar surface area (TPSA) is 35.5 Å². The lowest BCUT2D eigenvalue weighted by molar-refractivity contribution is -0.128. The van der Waals surface area contributed by atoms with Crippen molar-refractivity contribution in [2.24, 2.45) is 22.7 Å². The van der Waals surface area contributed by atoms with Crippen LogP contribution in [0.5, 0.6) is 0 Å². The predicted octanol–water partition coefficient (Wildman–Crippen LogP) is 3.50. The summed E-state index contributed by atoms with van der Waals surface area (Å²) in [7, 11) is 0. The maximum atomic E-state index is 11.4. The van der Waals surface area contributed by atoms with Crippen LogP contribution in [0, 0.1) is 22.7 Å². The summed E-state index contributed by atoms with van der Waals surface area (Å²) in [6.07, 6.45) is 6.38. The van der Waals surface area contributed by atoms with E-state index >= 15 is 0 Å². The van der Waals surface area contributed by atoms with Gasteiger partial charge in [0.1, 0.15) is 6.29 Å². The average molecular weight is 290 g/mol. The first kappa shape index (κ1) is 15.0. The van der Waals surface area contributed by atoms with Crippen LogP contribution in [0.15, 0.2) is 24.8 Å². The number of rotatable bonds is 4. The van der Waals surface area contributed by atoms with Crippen LogP contribution in [0.3, 0.4) is 0 Å². The first-order valence-corrected chi connectivity index (χ1v) is 7.94. The molecule has 1 heterocycles. The van der Waals surface area contributed by atoms with Gasteiger partial charge >= 0.3 is 0 Å². The molecule has 1 saturated heterocycles. The normalized spacial score (nSPS) is 39.6. The monoisotopic (exact) mass is 290 g/mol. The SMILES string of the molecule is C=CC[C@@H]1[C@H]2CC3(OCCO3)C(=C)[C@@]2(CC=O)CC1(C)C. The summed E-state index contributed by atoms with van der Waals surface area (Å²) in [5.74, 6) is 0.254. The van der Waals surface area contributed by atoms with Crippen molar-refractivity contribution in [1.82, 2.24) is 0 Å². The Morgan fingerprint density at radius 1 is 1.33 bits per heavy atom. The zero-order chi connectivity index (χ0) is 15.3. The van der Waals surface area contributed by atoms with Crippen molar-refractivity contribution in [3.05, 3.63) is 24.8 Å². The molecule has 116 valence electrons. The Balaban J connectivity index is 2.03. The Morgan fingerprint density at radius 2 is 2.00 bits per heavy atom. The molecule has 3 aliphatic rings. The van der Waals surface area contributed by atoms with E-state index in [1.807, 2.05) is 6.08 Å². The molecule has 3 fully saturated rings. The average Bonchev–Trinajstić information content (AvgIpc) is 3.02. The van der Waals surface area contributed by atoms with E-state index in [0.29, 0.717) is 31.5 Å². The van der Waals surface area contributed by atoms with Crippen LogP contribution in [0.4, 0.5) is 0 Å². The molecule has 3 nitrogen and oxygen atoms in total. The molecule has 3 rings (SSSR count). The van der Waals surface area contributed by atoms with Gasteiger partial charge in [0, 0.05) is 18.3 Å². The van der Waals surface area contributed by atoms with Gasteiger partial charge in [-0.1, -0.05) is 26.5 Å². The lowest BCUT2D eigenvalue weighted by Gasteiger charge is -2.34. The molecule has 2 aliphatic carbocycles. The van der Waals surface area contributed by atoms with Crippen LogP contribution < -0.4 is 0 Å². The third-order valence-electron chi connectivity index (χ3n) is 6.14. The molecule has 2 saturated carbocycles. The van der Waals surface area contributed by atoms with Crippen molar-refractivity contribution < 1.29 is 14.3 Å². The molecule has 0 radical (unpaired) electrons. The fourth-order valence-corrected chi connectivity index (χ4v) is 5.37. The van der Waals surface area contributed by atoms with Crippen LogP contribution >= 0.6 is 0 Å². The molecule has 0 unspecified atom stereocenters. The maximum Gasteiger partial charge on any atom is 0.191 e. The minimum atomic E-state index is -0.635. The number of hydrogen-bond acceptors (Lipinski definition) is 3. The summed E-state index contributed by atoms with van der Waals surface area (Å²) in [5, 5.41) is 0. The van der Waals surface area contributed by atoms with Crippen LogP contribution in [0.25, 0.3) is 0 Å². The van der Waals surface area contributed by atoms with Crippen molar-refractivity contribution in [2.45, 2.75) is 45.3 Å². The highest BCUT2D eigenvalue weighted by molar-refractivity contribution is 5.54. The van der Waals surface area contributed by atoms with Crippen LogP contribution in [-0.2, 0) is 14.3 Å². The fourth-order valence-electron chi connectivity index (χ4n) is 5.37. The molecular weight excluding hydrogens is 264 g/mol. The highest BCUT2D eigenvalue weighted by atomic mass is 16.7. The lowest BCUT2D eigenvalue weighted by atomic mass is 9.73. The molecule has 0 aromatic rings. The van der Waals surface area contributed by atoms with Gasteiger partial charge in [-0.05, 0) is 35.7 Å². The summed E-state index contributed by atoms with van der Waals surface area (Å²) < 4.78 is 11.9. The minimum Gasteiger partial charge on any atom is -0.344 e. The number of fused-ring (bicyclic) bond motifs is 1. The Bertz CT molecular complexity index is 473. The fraction of sp³-hybridized carbons (Fsp3) is 0.722. The molecule has 0 aromatic carbocycles. The molecular formula is C18H26O3. The third-order valence-corrected chi connectivity index (χ3v) is 6.14. The van der Waals surface area contributed by atoms with E-state index in [4.69, 9.17) is 9.47 Å². The number of carbonyl (C=O) groups excluding carboxylic acids is 1. The van der Waals surface area contributed by atoms with Crippen molar-refractivity contribution in [3.8, 4) is 0 Å². The quantitative estimate of drug-likeness (QED) is 0.587. The summed E-state index contributed by atoms with van der Waals surface area (Å²) in [5.41, 5.74) is 1.03. The number of hydrogen-bond donors (Lipinski definition) is 0. The van der Waals surface area contributed by atoms with Gasteiger partial charge in [0.25, 0.3) is 0 Å². The maximum absolute atomic E-state index is 11.4. The first-order chi connectivity index (χ1) is 9.92. The summed E-state index contributed by atoms with van der Waals surface area (Å²) in [4.78, 5) is 11.4. The van der Waals surface area contributed by atoms with E-state index in [2.05, 4.69) is 27.0 Å². The van der Waals surface area contributed by atoms with Crippen LogP contribution in [0.1, 0.15) is 39.5 Å². The second-order valence-corrected chi connectivity index (χ2v) is 7.56. The van der Waals surface area contributed by atoms with Gasteiger partial charge in [0.15, 0.2) is 5.79 Å². The van der Waals surface area contributed by atoms with Crippen molar-refractivity contribution >= 4 is 6.29 Å². The van der Waals surface area contributed by atoms with Crippen molar-refractivity contribution in [1.29, 1.82) is 0 Å². The number of carbonyl (C=O) groups is 1. The van der Waals surface area contributed by atoms with E-state index in [0.717, 1.165) is 31.1 Å². The van der Waals surface area contributed by atoms with Gasteiger partial charge in [-0.25, -0.2) is 0 Å². The van der Waals surface area contributed by atoms with Crippen molar-refractivity contribution in [3.63, 3.8) is 0 Å². The zero-order valence-electron chi connectivity index (χ0n) is 13.2. The molecule has 0 bridgehead atoms. The standard InChI is InChI=1S/C18H26O3/c1-5-6-14-15-11-18(20-9-10-21-18)13(2)17(15,7-8-19)12-16(14,3)4/h5,8,14-15H,1-2,6-7,9-12H2,3-4H3/t14-,15-,17-/m1/s1. The Hall–Kier alpha value is -0.930. The van der Waals surface area contributed by atoms with Gasteiger partial charge < -0.3 is 14.3 Å². The molecule has 0 aromatic heterocycles. The minimum absolute atomic E-state index is 0.163. The van der Waals surface area contributed by atoms with Crippen molar-refractivity contribution in [2.75, 3.05) is 13.2 Å². The smallest absolute Gasteiger partial charge is 0.191 e. The van der Waals surface area contributed by atoms with Crippen LogP contribution in [0.2, 0.25) is 0 Å². The Morgan fingerprint density at radius 3 is 2.57 bits per heavy atom. The second-order valence-electron chi connectivity index (χ2n) is 7.56. The molecule has 3 atom stereocenters. The van der Waals surface area contributed by atoms with E-state index in [1.54, 1.807) is 0 Å². The molecule has 1 spiro atoms. The van der Waals surface area contributed by atoms with E-state index in [1.165, 1.54) is 0 Å². The summed E-state index contributed by atoms with van der Waals surface area (Å²) in [6.45, 7) is 14.1. The lowest BCUT2D eigenvalue weighted by Crippen LogP contribution is -2.34. The number of ether oxygens (including phenoxy) is 2.